The van der Waals surface area contributed by atoms with Gasteiger partial charge in [0.05, 0.1) is 12.0 Å². The molecule has 0 aliphatic heterocycles. The third-order valence-corrected chi connectivity index (χ3v) is 1.94. The maximum atomic E-state index is 11.2. The molecule has 1 aromatic rings. The minimum atomic E-state index is -1.03. The summed E-state index contributed by atoms with van der Waals surface area (Å²) in [5, 5.41) is 9.39. The number of aliphatic hydroxyl groups is 1. The van der Waals surface area contributed by atoms with Gasteiger partial charge >= 0.3 is 5.97 Å². The lowest BCUT2D eigenvalue weighted by Gasteiger charge is -2.15. The van der Waals surface area contributed by atoms with Crippen LogP contribution in [0.15, 0.2) is 30.3 Å². The van der Waals surface area contributed by atoms with E-state index in [0.29, 0.717) is 6.61 Å². The molecule has 0 atom stereocenters. The molecular formula is C13H18O4. The number of carbonyl (C=O) groups excluding carboxylic acids is 1. The molecule has 0 radical (unpaired) electrons. The van der Waals surface area contributed by atoms with E-state index in [4.69, 9.17) is 9.47 Å². The van der Waals surface area contributed by atoms with Crippen LogP contribution in [0.25, 0.3) is 0 Å². The second-order valence-corrected chi connectivity index (χ2v) is 4.37. The Morgan fingerprint density at radius 1 is 1.24 bits per heavy atom. The summed E-state index contributed by atoms with van der Waals surface area (Å²) >= 11 is 0. The molecule has 0 amide bonds. The molecule has 17 heavy (non-hydrogen) atoms. The average molecular weight is 238 g/mol. The first-order valence-electron chi connectivity index (χ1n) is 5.53. The molecule has 0 aliphatic rings. The molecule has 0 bridgehead atoms. The van der Waals surface area contributed by atoms with E-state index in [-0.39, 0.29) is 13.0 Å². The number of esters is 1. The van der Waals surface area contributed by atoms with Gasteiger partial charge < -0.3 is 14.6 Å². The highest BCUT2D eigenvalue weighted by Crippen LogP contribution is 2.09. The van der Waals surface area contributed by atoms with Crippen LogP contribution >= 0.6 is 0 Å². The lowest BCUT2D eigenvalue weighted by atomic mass is 10.1. The van der Waals surface area contributed by atoms with Crippen LogP contribution in [0.4, 0.5) is 0 Å². The number of hydrogen-bond donors (Lipinski definition) is 1. The van der Waals surface area contributed by atoms with Crippen LogP contribution in [-0.2, 0) is 9.53 Å². The van der Waals surface area contributed by atoms with Gasteiger partial charge in [-0.2, -0.15) is 0 Å². The molecule has 0 spiro atoms. The van der Waals surface area contributed by atoms with Gasteiger partial charge in [0.1, 0.15) is 19.0 Å². The van der Waals surface area contributed by atoms with E-state index in [1.165, 1.54) is 0 Å². The third-order valence-electron chi connectivity index (χ3n) is 1.94. The van der Waals surface area contributed by atoms with Crippen molar-refractivity contribution in [2.24, 2.45) is 0 Å². The highest BCUT2D eigenvalue weighted by atomic mass is 16.6. The van der Waals surface area contributed by atoms with E-state index in [0.717, 1.165) is 5.75 Å². The predicted octanol–water partition coefficient (Wildman–Crippen LogP) is 1.77. The van der Waals surface area contributed by atoms with Crippen molar-refractivity contribution in [2.75, 3.05) is 13.2 Å². The quantitative estimate of drug-likeness (QED) is 0.606. The van der Waals surface area contributed by atoms with Crippen LogP contribution in [0.3, 0.4) is 0 Å². The molecule has 94 valence electrons. The van der Waals surface area contributed by atoms with Crippen molar-refractivity contribution in [3.8, 4) is 5.75 Å². The highest BCUT2D eigenvalue weighted by molar-refractivity contribution is 5.70. The fourth-order valence-corrected chi connectivity index (χ4v) is 1.24. The SMILES string of the molecule is CC(C)(O)CC(=O)OCCOc1ccccc1. The summed E-state index contributed by atoms with van der Waals surface area (Å²) in [6.45, 7) is 3.62. The fourth-order valence-electron chi connectivity index (χ4n) is 1.24. The van der Waals surface area contributed by atoms with Gasteiger partial charge in [0, 0.05) is 0 Å². The van der Waals surface area contributed by atoms with Crippen LogP contribution in [0.2, 0.25) is 0 Å². The van der Waals surface area contributed by atoms with Crippen molar-refractivity contribution in [2.45, 2.75) is 25.9 Å². The maximum Gasteiger partial charge on any atom is 0.308 e. The molecule has 4 nitrogen and oxygen atoms in total. The molecule has 0 aromatic heterocycles. The first kappa shape index (κ1) is 13.5. The Labute approximate surface area is 101 Å². The number of ether oxygens (including phenoxy) is 2. The average Bonchev–Trinajstić information content (AvgIpc) is 2.23. The van der Waals surface area contributed by atoms with Crippen LogP contribution in [0.5, 0.6) is 5.75 Å². The molecule has 0 unspecified atom stereocenters. The van der Waals surface area contributed by atoms with E-state index in [2.05, 4.69) is 0 Å². The highest BCUT2D eigenvalue weighted by Gasteiger charge is 2.18. The largest absolute Gasteiger partial charge is 0.490 e. The van der Waals surface area contributed by atoms with E-state index >= 15 is 0 Å². The van der Waals surface area contributed by atoms with E-state index < -0.39 is 11.6 Å². The second kappa shape index (κ2) is 6.25. The molecule has 0 heterocycles. The van der Waals surface area contributed by atoms with Crippen molar-refractivity contribution < 1.29 is 19.4 Å². The Balaban J connectivity index is 2.14. The molecule has 0 saturated carbocycles. The number of carbonyl (C=O) groups is 1. The number of rotatable bonds is 6. The van der Waals surface area contributed by atoms with Crippen LogP contribution < -0.4 is 4.74 Å². The maximum absolute atomic E-state index is 11.2. The van der Waals surface area contributed by atoms with Crippen molar-refractivity contribution in [3.63, 3.8) is 0 Å². The molecule has 1 N–H and O–H groups in total. The number of hydrogen-bond acceptors (Lipinski definition) is 4. The molecule has 0 fully saturated rings. The van der Waals surface area contributed by atoms with Gasteiger partial charge in [0.2, 0.25) is 0 Å². The molecular weight excluding hydrogens is 220 g/mol. The van der Waals surface area contributed by atoms with Crippen LogP contribution in [0.1, 0.15) is 20.3 Å². The standard InChI is InChI=1S/C13H18O4/c1-13(2,15)10-12(14)17-9-8-16-11-6-4-3-5-7-11/h3-7,15H,8-10H2,1-2H3. The monoisotopic (exact) mass is 238 g/mol. The van der Waals surface area contributed by atoms with Gasteiger partial charge in [-0.05, 0) is 26.0 Å². The zero-order valence-electron chi connectivity index (χ0n) is 10.2. The lowest BCUT2D eigenvalue weighted by molar-refractivity contribution is -0.148. The summed E-state index contributed by atoms with van der Waals surface area (Å²) in [6.07, 6.45) is -0.0155. The Morgan fingerprint density at radius 3 is 2.47 bits per heavy atom. The fraction of sp³-hybridized carbons (Fsp3) is 0.462. The minimum absolute atomic E-state index is 0.0155. The van der Waals surface area contributed by atoms with Crippen molar-refractivity contribution >= 4 is 5.97 Å². The first-order chi connectivity index (χ1) is 7.97. The molecule has 1 aromatic carbocycles. The zero-order chi connectivity index (χ0) is 12.7. The van der Waals surface area contributed by atoms with Gasteiger partial charge in [-0.15, -0.1) is 0 Å². The Hall–Kier alpha value is -1.55. The topological polar surface area (TPSA) is 55.8 Å². The van der Waals surface area contributed by atoms with E-state index in [9.17, 15) is 9.90 Å². The van der Waals surface area contributed by atoms with Crippen molar-refractivity contribution in [1.82, 2.24) is 0 Å². The molecule has 1 rings (SSSR count). The summed E-state index contributed by atoms with van der Waals surface area (Å²) in [5.41, 5.74) is -1.03. The second-order valence-electron chi connectivity index (χ2n) is 4.37. The first-order valence-corrected chi connectivity index (χ1v) is 5.53. The molecule has 0 aliphatic carbocycles. The third kappa shape index (κ3) is 6.58. The molecule has 4 heteroatoms. The number of benzene rings is 1. The van der Waals surface area contributed by atoms with Gasteiger partial charge in [0.15, 0.2) is 0 Å². The summed E-state index contributed by atoms with van der Waals surface area (Å²) < 4.78 is 10.3. The minimum Gasteiger partial charge on any atom is -0.490 e. The van der Waals surface area contributed by atoms with Crippen LogP contribution in [0, 0.1) is 0 Å². The van der Waals surface area contributed by atoms with Gasteiger partial charge in [0.25, 0.3) is 0 Å². The lowest BCUT2D eigenvalue weighted by Crippen LogP contribution is -2.25. The summed E-state index contributed by atoms with van der Waals surface area (Å²) in [4.78, 5) is 11.2. The summed E-state index contributed by atoms with van der Waals surface area (Å²) in [7, 11) is 0. The van der Waals surface area contributed by atoms with Gasteiger partial charge in [-0.3, -0.25) is 4.79 Å². The van der Waals surface area contributed by atoms with Crippen LogP contribution in [-0.4, -0.2) is 29.9 Å². The van der Waals surface area contributed by atoms with Gasteiger partial charge in [-0.25, -0.2) is 0 Å². The van der Waals surface area contributed by atoms with E-state index in [1.54, 1.807) is 13.8 Å². The molecule has 0 saturated heterocycles. The Morgan fingerprint density at radius 2 is 1.88 bits per heavy atom. The Bertz CT molecular complexity index is 340. The van der Waals surface area contributed by atoms with Gasteiger partial charge in [-0.1, -0.05) is 18.2 Å². The Kier molecular flexibility index (Phi) is 4.97. The predicted molar refractivity (Wildman–Crippen MR) is 63.8 cm³/mol. The van der Waals surface area contributed by atoms with Crippen molar-refractivity contribution in [3.05, 3.63) is 30.3 Å². The zero-order valence-corrected chi connectivity index (χ0v) is 10.2. The summed E-state index contributed by atoms with van der Waals surface area (Å²) in [6, 6.07) is 9.30. The normalized spacial score (nSPS) is 11.0. The van der Waals surface area contributed by atoms with Crippen molar-refractivity contribution in [1.29, 1.82) is 0 Å². The van der Waals surface area contributed by atoms with E-state index in [1.807, 2.05) is 30.3 Å². The smallest absolute Gasteiger partial charge is 0.308 e. The number of para-hydroxylation sites is 1. The summed E-state index contributed by atoms with van der Waals surface area (Å²) in [5.74, 6) is 0.320.